The topological polar surface area (TPSA) is 61.2 Å². The maximum absolute atomic E-state index is 12.1. The molecule has 3 aromatic rings. The van der Waals surface area contributed by atoms with E-state index in [1.54, 1.807) is 23.9 Å². The van der Waals surface area contributed by atoms with Crippen LogP contribution in [0.15, 0.2) is 53.1 Å². The zero-order valence-electron chi connectivity index (χ0n) is 12.1. The Morgan fingerprint density at radius 2 is 1.95 bits per heavy atom. The number of benzene rings is 1. The normalized spacial score (nSPS) is 11.5. The zero-order valence-corrected chi connectivity index (χ0v) is 13.7. The highest BCUT2D eigenvalue weighted by Gasteiger charge is 2.23. The van der Waals surface area contributed by atoms with E-state index in [2.05, 4.69) is 4.98 Å². The number of methoxy groups -OCH3 is 1. The second-order valence-electron chi connectivity index (χ2n) is 4.68. The molecule has 0 aliphatic heterocycles. The monoisotopic (exact) mass is 334 g/mol. The maximum atomic E-state index is 12.1. The molecule has 3 rings (SSSR count). The third-order valence-electron chi connectivity index (χ3n) is 3.16. The molecule has 0 N–H and O–H groups in total. The first kappa shape index (κ1) is 14.8. The largest absolute Gasteiger partial charge is 0.495 e. The Morgan fingerprint density at radius 3 is 2.59 bits per heavy atom. The Hall–Kier alpha value is -2.12. The van der Waals surface area contributed by atoms with Gasteiger partial charge in [-0.15, -0.1) is 11.3 Å². The second kappa shape index (κ2) is 5.58. The molecule has 0 fully saturated rings. The van der Waals surface area contributed by atoms with Crippen molar-refractivity contribution in [1.29, 1.82) is 0 Å². The van der Waals surface area contributed by atoms with Gasteiger partial charge in [-0.2, -0.15) is 0 Å². The smallest absolute Gasteiger partial charge is 0.232 e. The number of thiophene rings is 1. The molecule has 0 aliphatic rings. The predicted molar refractivity (Wildman–Crippen MR) is 86.5 cm³/mol. The third-order valence-corrected chi connectivity index (χ3v) is 5.00. The minimum atomic E-state index is -3.48. The number of ether oxygens (including phenoxy) is 1. The second-order valence-corrected chi connectivity index (χ2v) is 7.54. The number of para-hydroxylation sites is 2. The van der Waals surface area contributed by atoms with E-state index in [1.807, 2.05) is 35.7 Å². The molecule has 0 amide bonds. The van der Waals surface area contributed by atoms with Crippen LogP contribution in [0.5, 0.6) is 5.75 Å². The highest BCUT2D eigenvalue weighted by atomic mass is 32.2. The average Bonchev–Trinajstić information content (AvgIpc) is 3.15. The van der Waals surface area contributed by atoms with Gasteiger partial charge >= 0.3 is 0 Å². The summed E-state index contributed by atoms with van der Waals surface area (Å²) in [7, 11) is -1.92. The summed E-state index contributed by atoms with van der Waals surface area (Å²) in [5, 5.41) is 1.94. The molecule has 0 saturated carbocycles. The van der Waals surface area contributed by atoms with E-state index in [-0.39, 0.29) is 5.16 Å². The molecule has 114 valence electrons. The third kappa shape index (κ3) is 2.53. The molecule has 0 unspecified atom stereocenters. The Morgan fingerprint density at radius 1 is 1.18 bits per heavy atom. The molecule has 2 heterocycles. The molecule has 7 heteroatoms. The van der Waals surface area contributed by atoms with Crippen molar-refractivity contribution in [3.8, 4) is 22.0 Å². The predicted octanol–water partition coefficient (Wildman–Crippen LogP) is 3.01. The van der Waals surface area contributed by atoms with Crippen LogP contribution in [0.3, 0.4) is 0 Å². The number of rotatable bonds is 4. The van der Waals surface area contributed by atoms with Crippen LogP contribution in [0.25, 0.3) is 16.3 Å². The Labute approximate surface area is 132 Å². The number of hydrogen-bond acceptors (Lipinski definition) is 5. The first-order valence-corrected chi connectivity index (χ1v) is 9.24. The van der Waals surface area contributed by atoms with Crippen LogP contribution in [0.2, 0.25) is 0 Å². The van der Waals surface area contributed by atoms with Crippen LogP contribution in [0.4, 0.5) is 0 Å². The Bertz CT molecular complexity index is 897. The molecule has 22 heavy (non-hydrogen) atoms. The van der Waals surface area contributed by atoms with Gasteiger partial charge in [0.15, 0.2) is 0 Å². The number of sulfone groups is 1. The first-order valence-electron chi connectivity index (χ1n) is 6.47. The van der Waals surface area contributed by atoms with Gasteiger partial charge in [-0.1, -0.05) is 18.2 Å². The molecule has 0 radical (unpaired) electrons. The molecule has 2 aromatic heterocycles. The molecule has 1 aromatic carbocycles. The minimum absolute atomic E-state index is 0.000370. The van der Waals surface area contributed by atoms with Crippen molar-refractivity contribution in [1.82, 2.24) is 9.55 Å². The van der Waals surface area contributed by atoms with Crippen molar-refractivity contribution in [2.24, 2.45) is 0 Å². The van der Waals surface area contributed by atoms with Gasteiger partial charge < -0.3 is 4.74 Å². The lowest BCUT2D eigenvalue weighted by Crippen LogP contribution is -2.09. The van der Waals surface area contributed by atoms with Crippen molar-refractivity contribution in [3.05, 3.63) is 48.0 Å². The number of nitrogens with zero attached hydrogens (tertiary/aromatic N) is 2. The summed E-state index contributed by atoms with van der Waals surface area (Å²) in [5.41, 5.74) is 1.37. The van der Waals surface area contributed by atoms with E-state index in [1.165, 1.54) is 11.3 Å². The van der Waals surface area contributed by atoms with Crippen LogP contribution in [0.1, 0.15) is 0 Å². The first-order chi connectivity index (χ1) is 10.5. The lowest BCUT2D eigenvalue weighted by molar-refractivity contribution is 0.412. The summed E-state index contributed by atoms with van der Waals surface area (Å²) >= 11 is 1.53. The van der Waals surface area contributed by atoms with Gasteiger partial charge in [0.25, 0.3) is 0 Å². The van der Waals surface area contributed by atoms with Crippen LogP contribution in [-0.4, -0.2) is 31.3 Å². The van der Waals surface area contributed by atoms with Gasteiger partial charge in [0.2, 0.25) is 15.0 Å². The van der Waals surface area contributed by atoms with Crippen LogP contribution >= 0.6 is 11.3 Å². The van der Waals surface area contributed by atoms with Crippen molar-refractivity contribution in [3.63, 3.8) is 0 Å². The molecule has 0 aliphatic carbocycles. The van der Waals surface area contributed by atoms with Crippen LogP contribution < -0.4 is 4.74 Å². The van der Waals surface area contributed by atoms with Crippen LogP contribution in [-0.2, 0) is 9.84 Å². The summed E-state index contributed by atoms with van der Waals surface area (Å²) in [6.07, 6.45) is 2.73. The van der Waals surface area contributed by atoms with Gasteiger partial charge in [-0.3, -0.25) is 4.57 Å². The van der Waals surface area contributed by atoms with E-state index in [9.17, 15) is 8.42 Å². The Kier molecular flexibility index (Phi) is 3.76. The van der Waals surface area contributed by atoms with Crippen molar-refractivity contribution in [2.45, 2.75) is 5.16 Å². The Balaban J connectivity index is 2.35. The van der Waals surface area contributed by atoms with Gasteiger partial charge in [0.1, 0.15) is 5.75 Å². The summed E-state index contributed by atoms with van der Waals surface area (Å²) in [6.45, 7) is 0. The van der Waals surface area contributed by atoms with E-state index < -0.39 is 9.84 Å². The summed E-state index contributed by atoms with van der Waals surface area (Å²) in [5.74, 6) is 0.586. The van der Waals surface area contributed by atoms with Crippen molar-refractivity contribution in [2.75, 3.05) is 13.4 Å². The van der Waals surface area contributed by atoms with Crippen molar-refractivity contribution >= 4 is 21.2 Å². The molecular formula is C15H14N2O3S2. The van der Waals surface area contributed by atoms with E-state index >= 15 is 0 Å². The molecule has 0 saturated heterocycles. The molecule has 0 bridgehead atoms. The SMILES string of the molecule is COc1ccccc1-n1c(-c2cccs2)cnc1S(C)(=O)=O. The summed E-state index contributed by atoms with van der Waals surface area (Å²) < 4.78 is 31.2. The standard InChI is InChI=1S/C15H14N2O3S2/c1-20-13-7-4-3-6-11(13)17-12(14-8-5-9-21-14)10-16-15(17)22(2,18)19/h3-10H,1-2H3. The van der Waals surface area contributed by atoms with E-state index in [0.717, 1.165) is 16.8 Å². The molecular weight excluding hydrogens is 320 g/mol. The quantitative estimate of drug-likeness (QED) is 0.736. The van der Waals surface area contributed by atoms with Gasteiger partial charge in [0, 0.05) is 6.26 Å². The number of aromatic nitrogens is 2. The van der Waals surface area contributed by atoms with Crippen molar-refractivity contribution < 1.29 is 13.2 Å². The summed E-state index contributed by atoms with van der Waals surface area (Å²) in [4.78, 5) is 5.06. The minimum Gasteiger partial charge on any atom is -0.495 e. The lowest BCUT2D eigenvalue weighted by atomic mass is 10.2. The van der Waals surface area contributed by atoms with Gasteiger partial charge in [-0.25, -0.2) is 13.4 Å². The molecule has 5 nitrogen and oxygen atoms in total. The van der Waals surface area contributed by atoms with Gasteiger partial charge in [0.05, 0.1) is 29.6 Å². The van der Waals surface area contributed by atoms with E-state index in [0.29, 0.717) is 11.4 Å². The average molecular weight is 334 g/mol. The molecule has 0 atom stereocenters. The fraction of sp³-hybridized carbons (Fsp3) is 0.133. The fourth-order valence-corrected chi connectivity index (χ4v) is 3.74. The van der Waals surface area contributed by atoms with Crippen LogP contribution in [0, 0.1) is 0 Å². The zero-order chi connectivity index (χ0) is 15.7. The summed E-state index contributed by atoms with van der Waals surface area (Å²) in [6, 6.07) is 11.1. The maximum Gasteiger partial charge on any atom is 0.232 e. The fourth-order valence-electron chi connectivity index (χ4n) is 2.24. The highest BCUT2D eigenvalue weighted by molar-refractivity contribution is 7.90. The van der Waals surface area contributed by atoms with Gasteiger partial charge in [-0.05, 0) is 23.6 Å². The number of hydrogen-bond donors (Lipinski definition) is 0. The lowest BCUT2D eigenvalue weighted by Gasteiger charge is -2.13. The highest BCUT2D eigenvalue weighted by Crippen LogP contribution is 2.33. The van der Waals surface area contributed by atoms with E-state index in [4.69, 9.17) is 4.74 Å². The number of imidazole rings is 1. The molecule has 0 spiro atoms.